The molecular weight excluding hydrogens is 336 g/mol. The summed E-state index contributed by atoms with van der Waals surface area (Å²) in [5, 5.41) is 99.4. The van der Waals surface area contributed by atoms with Crippen molar-refractivity contribution in [1.82, 2.24) is 0 Å². The third kappa shape index (κ3) is 2.47. The van der Waals surface area contributed by atoms with Crippen LogP contribution in [0.5, 0.6) is 0 Å². The Bertz CT molecular complexity index is 450. The molecule has 2 heterocycles. The van der Waals surface area contributed by atoms with Crippen LogP contribution in [0.2, 0.25) is 0 Å². The monoisotopic (exact) mass is 358 g/mol. The van der Waals surface area contributed by atoms with E-state index in [2.05, 4.69) is 4.74 Å². The van der Waals surface area contributed by atoms with Crippen LogP contribution >= 0.6 is 0 Å². The van der Waals surface area contributed by atoms with Crippen molar-refractivity contribution in [2.75, 3.05) is 13.2 Å². The van der Waals surface area contributed by atoms with Gasteiger partial charge in [0.25, 0.3) is 0 Å². The lowest BCUT2D eigenvalue weighted by Gasteiger charge is -2.58. The number of aliphatic hydroxyl groups is 10. The van der Waals surface area contributed by atoms with Crippen molar-refractivity contribution in [1.29, 1.82) is 0 Å². The molecule has 12 heteroatoms. The summed E-state index contributed by atoms with van der Waals surface area (Å²) >= 11 is 0. The van der Waals surface area contributed by atoms with Crippen LogP contribution in [0, 0.1) is 0 Å². The van der Waals surface area contributed by atoms with Gasteiger partial charge in [-0.2, -0.15) is 0 Å². The van der Waals surface area contributed by atoms with Gasteiger partial charge in [-0.25, -0.2) is 0 Å². The van der Waals surface area contributed by atoms with E-state index >= 15 is 0 Å². The maximum absolute atomic E-state index is 10.7. The summed E-state index contributed by atoms with van der Waals surface area (Å²) in [4.78, 5) is 0. The largest absolute Gasteiger partial charge is 0.394 e. The summed E-state index contributed by atoms with van der Waals surface area (Å²) in [5.41, 5.74) is -6.59. The molecule has 2 aliphatic rings. The average molecular weight is 358 g/mol. The Hall–Kier alpha value is -0.480. The van der Waals surface area contributed by atoms with E-state index < -0.39 is 73.6 Å². The van der Waals surface area contributed by atoms with Gasteiger partial charge in [0.1, 0.15) is 36.6 Å². The van der Waals surface area contributed by atoms with Gasteiger partial charge >= 0.3 is 0 Å². The number of rotatable bonds is 3. The number of hydrogen-bond acceptors (Lipinski definition) is 12. The smallest absolute Gasteiger partial charge is 0.190 e. The van der Waals surface area contributed by atoms with Gasteiger partial charge in [-0.3, -0.25) is 0 Å². The fourth-order valence-corrected chi connectivity index (χ4v) is 3.17. The fraction of sp³-hybridized carbons (Fsp3) is 1.00. The molecule has 2 aliphatic heterocycles. The molecule has 2 rings (SSSR count). The minimum atomic E-state index is -3.31. The predicted molar refractivity (Wildman–Crippen MR) is 69.9 cm³/mol. The summed E-state index contributed by atoms with van der Waals surface area (Å²) in [6, 6.07) is 0. The molecule has 0 aromatic heterocycles. The first-order valence-electron chi connectivity index (χ1n) is 7.13. The quantitative estimate of drug-likeness (QED) is 0.227. The van der Waals surface area contributed by atoms with Gasteiger partial charge in [0.2, 0.25) is 0 Å². The first-order valence-corrected chi connectivity index (χ1v) is 7.13. The van der Waals surface area contributed by atoms with Crippen molar-refractivity contribution in [2.24, 2.45) is 0 Å². The summed E-state index contributed by atoms with van der Waals surface area (Å²) < 4.78 is 9.39. The van der Waals surface area contributed by atoms with Gasteiger partial charge in [-0.15, -0.1) is 0 Å². The normalized spacial score (nSPS) is 56.2. The molecule has 0 saturated carbocycles. The van der Waals surface area contributed by atoms with Crippen LogP contribution in [0.4, 0.5) is 0 Å². The summed E-state index contributed by atoms with van der Waals surface area (Å²) in [7, 11) is 0. The molecule has 0 spiro atoms. The second kappa shape index (κ2) is 6.68. The Kier molecular flexibility index (Phi) is 5.52. The van der Waals surface area contributed by atoms with E-state index in [4.69, 9.17) is 14.9 Å². The highest BCUT2D eigenvalue weighted by Crippen LogP contribution is 2.44. The van der Waals surface area contributed by atoms with Crippen LogP contribution in [0.1, 0.15) is 0 Å². The molecule has 0 bridgehead atoms. The maximum atomic E-state index is 10.7. The highest BCUT2D eigenvalue weighted by Gasteiger charge is 2.73. The van der Waals surface area contributed by atoms with Crippen molar-refractivity contribution < 1.29 is 60.5 Å². The molecule has 12 nitrogen and oxygen atoms in total. The van der Waals surface area contributed by atoms with Crippen LogP contribution in [-0.2, 0) is 9.47 Å². The van der Waals surface area contributed by atoms with Gasteiger partial charge in [0.05, 0.1) is 13.2 Å². The van der Waals surface area contributed by atoms with Gasteiger partial charge in [-0.1, -0.05) is 0 Å². The summed E-state index contributed by atoms with van der Waals surface area (Å²) in [5.74, 6) is 0. The lowest BCUT2D eigenvalue weighted by molar-refractivity contribution is -0.424. The third-order valence-electron chi connectivity index (χ3n) is 4.68. The number of ether oxygens (including phenoxy) is 2. The Morgan fingerprint density at radius 1 is 0.667 bits per heavy atom. The zero-order chi connectivity index (χ0) is 18.4. The van der Waals surface area contributed by atoms with Gasteiger partial charge in [0.15, 0.2) is 23.8 Å². The van der Waals surface area contributed by atoms with Crippen LogP contribution in [0.15, 0.2) is 0 Å². The molecule has 142 valence electrons. The van der Waals surface area contributed by atoms with E-state index in [0.29, 0.717) is 0 Å². The molecule has 0 unspecified atom stereocenters. The molecule has 0 amide bonds. The minimum absolute atomic E-state index is 0.861. The topological polar surface area (TPSA) is 221 Å². The summed E-state index contributed by atoms with van der Waals surface area (Å²) in [6.07, 6.45) is -17.2. The lowest BCUT2D eigenvalue weighted by atomic mass is 9.66. The highest BCUT2D eigenvalue weighted by atomic mass is 16.7. The molecule has 0 aromatic rings. The number of hydrogen-bond donors (Lipinski definition) is 10. The van der Waals surface area contributed by atoms with E-state index in [1.54, 1.807) is 0 Å². The van der Waals surface area contributed by atoms with E-state index in [-0.39, 0.29) is 0 Å². The minimum Gasteiger partial charge on any atom is -0.394 e. The highest BCUT2D eigenvalue weighted by molar-refractivity contribution is 5.19. The van der Waals surface area contributed by atoms with E-state index in [9.17, 15) is 40.9 Å². The molecule has 2 fully saturated rings. The van der Waals surface area contributed by atoms with Gasteiger partial charge in [-0.05, 0) is 0 Å². The van der Waals surface area contributed by atoms with Crippen LogP contribution in [-0.4, -0.2) is 125 Å². The molecular formula is C12H22O12. The molecule has 10 N–H and O–H groups in total. The van der Waals surface area contributed by atoms with Gasteiger partial charge in [0, 0.05) is 0 Å². The SMILES string of the molecule is OC[C@H]1O[C@H](O)[C@@](O)([C@@]2(O)[C@H](O)[C@@H](O)O[C@H](CO)[C@H]2O)[C@@H](O)[C@@H]1O. The first-order chi connectivity index (χ1) is 11.1. The molecule has 2 saturated heterocycles. The lowest BCUT2D eigenvalue weighted by Crippen LogP contribution is -2.84. The fourth-order valence-electron chi connectivity index (χ4n) is 3.17. The van der Waals surface area contributed by atoms with Gasteiger partial charge < -0.3 is 60.5 Å². The molecule has 0 aliphatic carbocycles. The molecule has 24 heavy (non-hydrogen) atoms. The second-order valence-electron chi connectivity index (χ2n) is 5.93. The van der Waals surface area contributed by atoms with Crippen molar-refractivity contribution >= 4 is 0 Å². The first kappa shape index (κ1) is 19.8. The van der Waals surface area contributed by atoms with Crippen LogP contribution < -0.4 is 0 Å². The van der Waals surface area contributed by atoms with E-state index in [0.717, 1.165) is 0 Å². The Balaban J connectivity index is 2.51. The predicted octanol–water partition coefficient (Wildman–Crippen LogP) is -6.69. The van der Waals surface area contributed by atoms with Crippen molar-refractivity contribution in [3.63, 3.8) is 0 Å². The van der Waals surface area contributed by atoms with Crippen molar-refractivity contribution in [3.8, 4) is 0 Å². The Labute approximate surface area is 135 Å². The maximum Gasteiger partial charge on any atom is 0.190 e. The zero-order valence-corrected chi connectivity index (χ0v) is 12.3. The van der Waals surface area contributed by atoms with Crippen LogP contribution in [0.3, 0.4) is 0 Å². The zero-order valence-electron chi connectivity index (χ0n) is 12.3. The van der Waals surface area contributed by atoms with Crippen molar-refractivity contribution in [2.45, 2.75) is 60.4 Å². The Morgan fingerprint density at radius 3 is 1.71 bits per heavy atom. The van der Waals surface area contributed by atoms with E-state index in [1.165, 1.54) is 0 Å². The van der Waals surface area contributed by atoms with Crippen molar-refractivity contribution in [3.05, 3.63) is 0 Å². The molecule has 10 atom stereocenters. The average Bonchev–Trinajstić information content (AvgIpc) is 2.57. The molecule has 0 radical (unpaired) electrons. The number of aliphatic hydroxyl groups excluding tert-OH is 8. The van der Waals surface area contributed by atoms with E-state index in [1.807, 2.05) is 0 Å². The molecule has 0 aromatic carbocycles. The summed E-state index contributed by atoms with van der Waals surface area (Å²) in [6.45, 7) is -1.82. The van der Waals surface area contributed by atoms with Crippen LogP contribution in [0.25, 0.3) is 0 Å². The second-order valence-corrected chi connectivity index (χ2v) is 5.93. The third-order valence-corrected chi connectivity index (χ3v) is 4.68. The Morgan fingerprint density at radius 2 is 1.21 bits per heavy atom. The standard InChI is InChI=1S/C12H22O12/c13-1-3-5(15)7(17)12(22,10(20)24-3)11(21)6(16)4(2-14)23-9(19)8(11)18/h3-10,13-22H,1-2H2/t3-,4-,5-,6-,7+,8-,9+,10+,11+,12-/m1/s1.